The molecule has 0 aliphatic rings. The lowest BCUT2D eigenvalue weighted by Crippen LogP contribution is -2.18. The van der Waals surface area contributed by atoms with Crippen LogP contribution in [-0.2, 0) is 16.6 Å². The first-order chi connectivity index (χ1) is 12.1. The third-order valence-corrected chi connectivity index (χ3v) is 4.40. The van der Waals surface area contributed by atoms with E-state index in [-0.39, 0.29) is 17.6 Å². The van der Waals surface area contributed by atoms with Crippen molar-refractivity contribution in [1.82, 2.24) is 15.0 Å². The van der Waals surface area contributed by atoms with Crippen LogP contribution in [0.1, 0.15) is 38.3 Å². The molecule has 0 unspecified atom stereocenters. The van der Waals surface area contributed by atoms with Gasteiger partial charge in [-0.3, -0.25) is 4.79 Å². The molecule has 7 heteroatoms. The van der Waals surface area contributed by atoms with Gasteiger partial charge in [-0.25, -0.2) is 0 Å². The van der Waals surface area contributed by atoms with Crippen molar-refractivity contribution in [2.24, 2.45) is 0 Å². The van der Waals surface area contributed by atoms with Gasteiger partial charge in [-0.15, -0.1) is 15.0 Å². The smallest absolute Gasteiger partial charge is 0.303 e. The average Bonchev–Trinajstić information content (AvgIpc) is 2.94. The lowest BCUT2D eigenvalue weighted by atomic mass is 9.81. The van der Waals surface area contributed by atoms with E-state index in [0.717, 1.165) is 11.1 Å². The molecular formula is C19H20ClN3O3. The second-order valence-electron chi connectivity index (χ2n) is 7.26. The van der Waals surface area contributed by atoms with Gasteiger partial charge in [0.15, 0.2) is 0 Å². The number of hydrogen-bond donors (Lipinski definition) is 2. The zero-order valence-corrected chi connectivity index (χ0v) is 15.6. The predicted molar refractivity (Wildman–Crippen MR) is 100 cm³/mol. The van der Waals surface area contributed by atoms with Gasteiger partial charge < -0.3 is 10.2 Å². The number of nitrogens with zero attached hydrogens (tertiary/aromatic N) is 3. The number of phenolic OH excluding ortho intramolecular Hbond substituents is 1. The van der Waals surface area contributed by atoms with Gasteiger partial charge in [0.2, 0.25) is 0 Å². The minimum atomic E-state index is -0.880. The van der Waals surface area contributed by atoms with Gasteiger partial charge in [0.1, 0.15) is 16.8 Å². The fraction of sp³-hybridized carbons (Fsp3) is 0.316. The molecule has 0 spiro atoms. The maximum absolute atomic E-state index is 11.1. The molecular weight excluding hydrogens is 354 g/mol. The number of rotatable bonds is 4. The minimum absolute atomic E-state index is 0.0204. The number of aliphatic carboxylic acids is 1. The Morgan fingerprint density at radius 3 is 2.50 bits per heavy atom. The molecule has 6 nitrogen and oxygen atoms in total. The number of halogens is 1. The first-order valence-corrected chi connectivity index (χ1v) is 8.64. The van der Waals surface area contributed by atoms with E-state index in [9.17, 15) is 9.90 Å². The van der Waals surface area contributed by atoms with E-state index >= 15 is 0 Å². The molecule has 2 aromatic carbocycles. The van der Waals surface area contributed by atoms with Crippen LogP contribution in [0.4, 0.5) is 0 Å². The SMILES string of the molecule is CC(C)(C)c1cc(O)cc(-n2nc3ccc(Cl)cc3n2)c1CCC(=O)O. The summed E-state index contributed by atoms with van der Waals surface area (Å²) in [6, 6.07) is 8.46. The maximum Gasteiger partial charge on any atom is 0.303 e. The van der Waals surface area contributed by atoms with Crippen molar-refractivity contribution in [3.05, 3.63) is 46.5 Å². The third kappa shape index (κ3) is 3.65. The Morgan fingerprint density at radius 2 is 1.85 bits per heavy atom. The lowest BCUT2D eigenvalue weighted by molar-refractivity contribution is -0.136. The molecule has 0 radical (unpaired) electrons. The molecule has 26 heavy (non-hydrogen) atoms. The zero-order chi connectivity index (χ0) is 19.1. The second kappa shape index (κ2) is 6.61. The molecule has 0 saturated carbocycles. The van der Waals surface area contributed by atoms with E-state index in [1.165, 1.54) is 4.80 Å². The Hall–Kier alpha value is -2.60. The molecule has 0 bridgehead atoms. The molecule has 0 aliphatic heterocycles. The van der Waals surface area contributed by atoms with Crippen LogP contribution < -0.4 is 0 Å². The molecule has 0 aliphatic carbocycles. The molecule has 0 atom stereocenters. The number of aromatic hydroxyl groups is 1. The van der Waals surface area contributed by atoms with Crippen LogP contribution in [0.3, 0.4) is 0 Å². The van der Waals surface area contributed by atoms with Crippen molar-refractivity contribution in [3.63, 3.8) is 0 Å². The summed E-state index contributed by atoms with van der Waals surface area (Å²) in [6.07, 6.45) is 0.295. The molecule has 2 N–H and O–H groups in total. The minimum Gasteiger partial charge on any atom is -0.508 e. The molecule has 0 amide bonds. The van der Waals surface area contributed by atoms with Crippen LogP contribution in [0.5, 0.6) is 5.75 Å². The normalized spacial score (nSPS) is 11.8. The molecule has 1 aromatic heterocycles. The number of benzene rings is 2. The van der Waals surface area contributed by atoms with E-state index in [1.54, 1.807) is 30.3 Å². The average molecular weight is 374 g/mol. The lowest BCUT2D eigenvalue weighted by Gasteiger charge is -2.25. The van der Waals surface area contributed by atoms with Crippen LogP contribution >= 0.6 is 11.6 Å². The number of carbonyl (C=O) groups is 1. The first-order valence-electron chi connectivity index (χ1n) is 8.26. The van der Waals surface area contributed by atoms with Gasteiger partial charge in [-0.05, 0) is 47.2 Å². The Bertz CT molecular complexity index is 990. The Kier molecular flexibility index (Phi) is 4.63. The Labute approximate surface area is 156 Å². The van der Waals surface area contributed by atoms with Crippen LogP contribution in [0.15, 0.2) is 30.3 Å². The maximum atomic E-state index is 11.1. The number of phenols is 1. The molecule has 3 rings (SSSR count). The monoisotopic (exact) mass is 373 g/mol. The highest BCUT2D eigenvalue weighted by atomic mass is 35.5. The molecule has 3 aromatic rings. The highest BCUT2D eigenvalue weighted by Gasteiger charge is 2.23. The third-order valence-electron chi connectivity index (χ3n) is 4.17. The van der Waals surface area contributed by atoms with Gasteiger partial charge in [0, 0.05) is 17.5 Å². The Morgan fingerprint density at radius 1 is 1.15 bits per heavy atom. The molecule has 0 saturated heterocycles. The van der Waals surface area contributed by atoms with Crippen molar-refractivity contribution in [1.29, 1.82) is 0 Å². The zero-order valence-electron chi connectivity index (χ0n) is 14.8. The summed E-state index contributed by atoms with van der Waals surface area (Å²) < 4.78 is 0. The van der Waals surface area contributed by atoms with Gasteiger partial charge >= 0.3 is 5.97 Å². The molecule has 0 fully saturated rings. The van der Waals surface area contributed by atoms with E-state index < -0.39 is 5.97 Å². The molecule has 136 valence electrons. The largest absolute Gasteiger partial charge is 0.508 e. The van der Waals surface area contributed by atoms with Crippen molar-refractivity contribution in [3.8, 4) is 11.4 Å². The highest BCUT2D eigenvalue weighted by molar-refractivity contribution is 6.31. The highest BCUT2D eigenvalue weighted by Crippen LogP contribution is 2.34. The van der Waals surface area contributed by atoms with Gasteiger partial charge in [-0.2, -0.15) is 0 Å². The second-order valence-corrected chi connectivity index (χ2v) is 7.69. The van der Waals surface area contributed by atoms with Crippen LogP contribution in [0.25, 0.3) is 16.7 Å². The summed E-state index contributed by atoms with van der Waals surface area (Å²) in [5, 5.41) is 28.8. The number of carboxylic acids is 1. The van der Waals surface area contributed by atoms with Crippen molar-refractivity contribution >= 4 is 28.6 Å². The summed E-state index contributed by atoms with van der Waals surface area (Å²) in [6.45, 7) is 6.05. The summed E-state index contributed by atoms with van der Waals surface area (Å²) in [5.74, 6) is -0.794. The number of carboxylic acid groups (broad SMARTS) is 1. The van der Waals surface area contributed by atoms with E-state index in [1.807, 2.05) is 20.8 Å². The Balaban J connectivity index is 2.23. The van der Waals surface area contributed by atoms with E-state index in [4.69, 9.17) is 16.7 Å². The summed E-state index contributed by atoms with van der Waals surface area (Å²) in [5.41, 5.74) is 3.26. The van der Waals surface area contributed by atoms with Crippen molar-refractivity contribution < 1.29 is 15.0 Å². The van der Waals surface area contributed by atoms with E-state index in [0.29, 0.717) is 28.2 Å². The van der Waals surface area contributed by atoms with Crippen LogP contribution in [0, 0.1) is 0 Å². The van der Waals surface area contributed by atoms with Crippen molar-refractivity contribution in [2.45, 2.75) is 39.0 Å². The summed E-state index contributed by atoms with van der Waals surface area (Å²) in [4.78, 5) is 12.6. The van der Waals surface area contributed by atoms with Gasteiger partial charge in [0.05, 0.1) is 5.69 Å². The van der Waals surface area contributed by atoms with Gasteiger partial charge in [-0.1, -0.05) is 32.4 Å². The molecule has 1 heterocycles. The quantitative estimate of drug-likeness (QED) is 0.718. The first kappa shape index (κ1) is 18.2. The number of fused-ring (bicyclic) bond motifs is 1. The summed E-state index contributed by atoms with van der Waals surface area (Å²) in [7, 11) is 0. The number of hydrogen-bond acceptors (Lipinski definition) is 4. The van der Waals surface area contributed by atoms with Crippen molar-refractivity contribution in [2.75, 3.05) is 0 Å². The summed E-state index contributed by atoms with van der Waals surface area (Å²) >= 11 is 6.02. The van der Waals surface area contributed by atoms with Crippen LogP contribution in [0.2, 0.25) is 5.02 Å². The fourth-order valence-electron chi connectivity index (χ4n) is 2.98. The number of aromatic nitrogens is 3. The van der Waals surface area contributed by atoms with Gasteiger partial charge in [0.25, 0.3) is 0 Å². The topological polar surface area (TPSA) is 88.2 Å². The van der Waals surface area contributed by atoms with E-state index in [2.05, 4.69) is 10.2 Å². The standard InChI is InChI=1S/C19H20ClN3O3/c1-19(2,3)14-9-12(24)10-17(13(14)5-7-18(25)26)23-21-15-6-4-11(20)8-16(15)22-23/h4,6,8-10,24H,5,7H2,1-3H3,(H,25,26). The predicted octanol–water partition coefficient (Wildman–Crippen LogP) is 4.09. The fourth-order valence-corrected chi connectivity index (χ4v) is 3.15. The van der Waals surface area contributed by atoms with Crippen LogP contribution in [-0.4, -0.2) is 31.2 Å².